The van der Waals surface area contributed by atoms with E-state index >= 15 is 0 Å². The molecule has 3 N–H and O–H groups in total. The summed E-state index contributed by atoms with van der Waals surface area (Å²) >= 11 is 0. The van der Waals surface area contributed by atoms with Gasteiger partial charge < -0.3 is 15.2 Å². The second-order valence-electron chi connectivity index (χ2n) is 4.61. The molecule has 0 aliphatic carbocycles. The first-order chi connectivity index (χ1) is 11.4. The molecule has 7 nitrogen and oxygen atoms in total. The van der Waals surface area contributed by atoms with Crippen LogP contribution in [0.1, 0.15) is 20.7 Å². The third-order valence-corrected chi connectivity index (χ3v) is 3.04. The molecular weight excluding hydrogens is 319 g/mol. The van der Waals surface area contributed by atoms with E-state index in [1.54, 1.807) is 0 Å². The van der Waals surface area contributed by atoms with Crippen LogP contribution in [0, 0.1) is 5.82 Å². The number of carbonyl (C=O) groups excluding carboxylic acids is 2. The summed E-state index contributed by atoms with van der Waals surface area (Å²) in [6, 6.07) is 8.10. The van der Waals surface area contributed by atoms with E-state index < -0.39 is 23.7 Å². The fraction of sp³-hybridized carbons (Fsp3) is 0.0625. The van der Waals surface area contributed by atoms with Gasteiger partial charge in [-0.05, 0) is 30.3 Å². The number of hydrogen-bond donors (Lipinski definition) is 3. The maximum Gasteiger partial charge on any atom is 0.335 e. The summed E-state index contributed by atoms with van der Waals surface area (Å²) in [7, 11) is 1.30. The topological polar surface area (TPSA) is 105 Å². The molecule has 0 saturated carbocycles. The second kappa shape index (κ2) is 7.23. The molecule has 0 radical (unpaired) electrons. The van der Waals surface area contributed by atoms with E-state index in [4.69, 9.17) is 9.84 Å². The minimum atomic E-state index is -1.15. The normalized spacial score (nSPS) is 9.92. The first-order valence-electron chi connectivity index (χ1n) is 6.70. The van der Waals surface area contributed by atoms with Gasteiger partial charge in [-0.3, -0.25) is 10.1 Å². The van der Waals surface area contributed by atoms with Gasteiger partial charge in [0.15, 0.2) is 0 Å². The van der Waals surface area contributed by atoms with Gasteiger partial charge in [0.05, 0.1) is 23.9 Å². The van der Waals surface area contributed by atoms with Gasteiger partial charge in [-0.25, -0.2) is 14.0 Å². The van der Waals surface area contributed by atoms with Crippen LogP contribution in [0.2, 0.25) is 0 Å². The number of carboxylic acids is 1. The fourth-order valence-corrected chi connectivity index (χ4v) is 1.90. The lowest BCUT2D eigenvalue weighted by atomic mass is 10.2. The monoisotopic (exact) mass is 332 g/mol. The number of benzene rings is 2. The third kappa shape index (κ3) is 3.86. The Kier molecular flexibility index (Phi) is 5.10. The number of aromatic carboxylic acids is 1. The van der Waals surface area contributed by atoms with Crippen LogP contribution in [-0.4, -0.2) is 30.1 Å². The Hall–Kier alpha value is -3.42. The lowest BCUT2D eigenvalue weighted by Gasteiger charge is -2.11. The Balaban J connectivity index is 2.11. The molecule has 0 saturated heterocycles. The first-order valence-corrected chi connectivity index (χ1v) is 6.70. The summed E-state index contributed by atoms with van der Waals surface area (Å²) in [5.41, 5.74) is -0.151. The molecule has 2 aromatic carbocycles. The van der Waals surface area contributed by atoms with Crippen LogP contribution in [0.3, 0.4) is 0 Å². The van der Waals surface area contributed by atoms with Gasteiger partial charge in [-0.2, -0.15) is 0 Å². The van der Waals surface area contributed by atoms with Crippen molar-refractivity contribution < 1.29 is 28.6 Å². The largest absolute Gasteiger partial charge is 0.495 e. The van der Waals surface area contributed by atoms with Crippen LogP contribution in [-0.2, 0) is 0 Å². The second-order valence-corrected chi connectivity index (χ2v) is 4.61. The van der Waals surface area contributed by atoms with Crippen molar-refractivity contribution in [2.45, 2.75) is 0 Å². The van der Waals surface area contributed by atoms with E-state index in [1.165, 1.54) is 43.5 Å². The van der Waals surface area contributed by atoms with Gasteiger partial charge in [0, 0.05) is 0 Å². The smallest absolute Gasteiger partial charge is 0.335 e. The lowest BCUT2D eigenvalue weighted by molar-refractivity contribution is 0.0696. The molecule has 0 heterocycles. The van der Waals surface area contributed by atoms with Gasteiger partial charge in [0.1, 0.15) is 11.6 Å². The highest BCUT2D eigenvalue weighted by molar-refractivity contribution is 6.08. The quantitative estimate of drug-likeness (QED) is 0.798. The number of amides is 3. The van der Waals surface area contributed by atoms with Crippen molar-refractivity contribution in [2.24, 2.45) is 0 Å². The highest BCUT2D eigenvalue weighted by atomic mass is 19.1. The zero-order valence-corrected chi connectivity index (χ0v) is 12.5. The summed E-state index contributed by atoms with van der Waals surface area (Å²) in [4.78, 5) is 34.6. The maximum atomic E-state index is 13.5. The van der Waals surface area contributed by atoms with Crippen LogP contribution < -0.4 is 15.4 Å². The molecule has 0 aliphatic heterocycles. The van der Waals surface area contributed by atoms with Gasteiger partial charge in [0.25, 0.3) is 5.91 Å². The van der Waals surface area contributed by atoms with Gasteiger partial charge in [-0.1, -0.05) is 12.1 Å². The summed E-state index contributed by atoms with van der Waals surface area (Å²) in [5, 5.41) is 13.2. The Morgan fingerprint density at radius 2 is 1.83 bits per heavy atom. The minimum absolute atomic E-state index is 0.0276. The van der Waals surface area contributed by atoms with Crippen molar-refractivity contribution in [1.29, 1.82) is 0 Å². The number of rotatable bonds is 4. The molecular formula is C16H13FN2O5. The molecule has 0 aromatic heterocycles. The average Bonchev–Trinajstić information content (AvgIpc) is 2.55. The van der Waals surface area contributed by atoms with Crippen molar-refractivity contribution >= 4 is 23.6 Å². The van der Waals surface area contributed by atoms with Gasteiger partial charge in [-0.15, -0.1) is 0 Å². The van der Waals surface area contributed by atoms with Crippen LogP contribution in [0.15, 0.2) is 42.5 Å². The first kappa shape index (κ1) is 16.9. The van der Waals surface area contributed by atoms with E-state index in [0.717, 1.165) is 6.07 Å². The van der Waals surface area contributed by atoms with E-state index in [2.05, 4.69) is 5.32 Å². The van der Waals surface area contributed by atoms with Crippen molar-refractivity contribution in [3.05, 3.63) is 59.4 Å². The molecule has 2 aromatic rings. The van der Waals surface area contributed by atoms with E-state index in [-0.39, 0.29) is 22.6 Å². The lowest BCUT2D eigenvalue weighted by Crippen LogP contribution is -2.34. The Labute approximate surface area is 136 Å². The number of anilines is 1. The van der Waals surface area contributed by atoms with E-state index in [1.807, 2.05) is 5.32 Å². The highest BCUT2D eigenvalue weighted by Crippen LogP contribution is 2.25. The highest BCUT2D eigenvalue weighted by Gasteiger charge is 2.16. The molecule has 0 aliphatic rings. The molecule has 0 unspecified atom stereocenters. The molecule has 0 fully saturated rings. The maximum absolute atomic E-state index is 13.5. The zero-order valence-electron chi connectivity index (χ0n) is 12.5. The summed E-state index contributed by atoms with van der Waals surface area (Å²) in [6.45, 7) is 0. The van der Waals surface area contributed by atoms with Crippen molar-refractivity contribution in [1.82, 2.24) is 5.32 Å². The Morgan fingerprint density at radius 3 is 2.46 bits per heavy atom. The molecule has 124 valence electrons. The molecule has 24 heavy (non-hydrogen) atoms. The number of nitrogens with one attached hydrogen (secondary N) is 2. The molecule has 0 atom stereocenters. The average molecular weight is 332 g/mol. The van der Waals surface area contributed by atoms with Crippen molar-refractivity contribution in [2.75, 3.05) is 12.4 Å². The molecule has 2 rings (SSSR count). The van der Waals surface area contributed by atoms with Crippen LogP contribution >= 0.6 is 0 Å². The minimum Gasteiger partial charge on any atom is -0.495 e. The predicted octanol–water partition coefficient (Wildman–Crippen LogP) is 2.49. The van der Waals surface area contributed by atoms with Crippen molar-refractivity contribution in [3.8, 4) is 5.75 Å². The van der Waals surface area contributed by atoms with E-state index in [0.29, 0.717) is 0 Å². The third-order valence-electron chi connectivity index (χ3n) is 3.04. The zero-order chi connectivity index (χ0) is 17.7. The number of carboxylic acid groups (broad SMARTS) is 1. The molecule has 3 amide bonds. The fourth-order valence-electron chi connectivity index (χ4n) is 1.90. The number of hydrogen-bond acceptors (Lipinski definition) is 4. The summed E-state index contributed by atoms with van der Waals surface area (Å²) in [5.74, 6) is -2.72. The number of halogens is 1. The SMILES string of the molecule is COc1cc(C(=O)O)ccc1NC(=O)NC(=O)c1ccccc1F. The van der Waals surface area contributed by atoms with Gasteiger partial charge >= 0.3 is 12.0 Å². The number of carbonyl (C=O) groups is 3. The predicted molar refractivity (Wildman–Crippen MR) is 82.8 cm³/mol. The number of methoxy groups -OCH3 is 1. The number of urea groups is 1. The molecule has 0 bridgehead atoms. The summed E-state index contributed by atoms with van der Waals surface area (Å²) in [6.07, 6.45) is 0. The van der Waals surface area contributed by atoms with Gasteiger partial charge in [0.2, 0.25) is 0 Å². The number of imide groups is 1. The Morgan fingerprint density at radius 1 is 1.12 bits per heavy atom. The Bertz CT molecular complexity index is 807. The molecule has 8 heteroatoms. The number of ether oxygens (including phenoxy) is 1. The van der Waals surface area contributed by atoms with Crippen molar-refractivity contribution in [3.63, 3.8) is 0 Å². The van der Waals surface area contributed by atoms with Crippen LogP contribution in [0.4, 0.5) is 14.9 Å². The van der Waals surface area contributed by atoms with Crippen LogP contribution in [0.5, 0.6) is 5.75 Å². The summed E-state index contributed by atoms with van der Waals surface area (Å²) < 4.78 is 18.5. The molecule has 0 spiro atoms. The standard InChI is InChI=1S/C16H13FN2O5/c1-24-13-8-9(15(21)22)6-7-12(13)18-16(23)19-14(20)10-4-2-3-5-11(10)17/h2-8H,1H3,(H,21,22)(H2,18,19,20,23). The van der Waals surface area contributed by atoms with E-state index in [9.17, 15) is 18.8 Å². The van der Waals surface area contributed by atoms with Crippen LogP contribution in [0.25, 0.3) is 0 Å².